The number of aliphatic hydroxyl groups is 1. The van der Waals surface area contributed by atoms with Crippen molar-refractivity contribution >= 4 is 15.9 Å². The fourth-order valence-corrected chi connectivity index (χ4v) is 3.24. The van der Waals surface area contributed by atoms with Crippen LogP contribution in [0.25, 0.3) is 0 Å². The molecule has 0 fully saturated rings. The first-order chi connectivity index (χ1) is 9.06. The summed E-state index contributed by atoms with van der Waals surface area (Å²) in [4.78, 5) is 0. The normalized spacial score (nSPS) is 16.4. The molecule has 0 aliphatic heterocycles. The molecule has 0 spiro atoms. The second-order valence-corrected chi connectivity index (χ2v) is 6.17. The van der Waals surface area contributed by atoms with E-state index in [0.717, 1.165) is 4.47 Å². The highest BCUT2D eigenvalue weighted by molar-refractivity contribution is 9.10. The Morgan fingerprint density at radius 2 is 1.74 bits per heavy atom. The van der Waals surface area contributed by atoms with Crippen LogP contribution in [-0.4, -0.2) is 10.7 Å². The van der Waals surface area contributed by atoms with Gasteiger partial charge in [0.1, 0.15) is 5.82 Å². The number of hydrogen-bond donors (Lipinski definition) is 1. The molecule has 0 heterocycles. The summed E-state index contributed by atoms with van der Waals surface area (Å²) in [5.41, 5.74) is 2.02. The fourth-order valence-electron chi connectivity index (χ4n) is 2.83. The fraction of sp³-hybridized carbons (Fsp3) is 0.250. The molecule has 0 atom stereocenters. The molecule has 19 heavy (non-hydrogen) atoms. The van der Waals surface area contributed by atoms with E-state index in [1.54, 1.807) is 12.1 Å². The van der Waals surface area contributed by atoms with Crippen molar-refractivity contribution in [1.82, 2.24) is 0 Å². The first-order valence-electron chi connectivity index (χ1n) is 6.29. The van der Waals surface area contributed by atoms with Crippen molar-refractivity contribution in [3.8, 4) is 0 Å². The highest BCUT2D eigenvalue weighted by atomic mass is 79.9. The van der Waals surface area contributed by atoms with Gasteiger partial charge in [-0.15, -0.1) is 0 Å². The minimum atomic E-state index is -0.870. The maximum atomic E-state index is 13.8. The largest absolute Gasteiger partial charge is 0.389 e. The average molecular weight is 321 g/mol. The van der Waals surface area contributed by atoms with Crippen LogP contribution in [0.15, 0.2) is 46.9 Å². The lowest BCUT2D eigenvalue weighted by atomic mass is 9.91. The standard InChI is InChI=1S/C16H14BrFO/c17-14-5-6-15(18)13(7-14)10-16(19)8-11-3-1-2-4-12(11)9-16/h1-7,19H,8-10H2. The van der Waals surface area contributed by atoms with Gasteiger partial charge in [-0.1, -0.05) is 40.2 Å². The minimum absolute atomic E-state index is 0.257. The topological polar surface area (TPSA) is 20.2 Å². The van der Waals surface area contributed by atoms with Crippen molar-refractivity contribution < 1.29 is 9.50 Å². The monoisotopic (exact) mass is 320 g/mol. The average Bonchev–Trinajstić information content (AvgIpc) is 2.69. The second-order valence-electron chi connectivity index (χ2n) is 5.26. The van der Waals surface area contributed by atoms with E-state index in [4.69, 9.17) is 0 Å². The van der Waals surface area contributed by atoms with Gasteiger partial charge in [-0.2, -0.15) is 0 Å². The van der Waals surface area contributed by atoms with Crippen molar-refractivity contribution in [3.63, 3.8) is 0 Å². The highest BCUT2D eigenvalue weighted by Gasteiger charge is 2.35. The van der Waals surface area contributed by atoms with Gasteiger partial charge >= 0.3 is 0 Å². The molecule has 0 unspecified atom stereocenters. The van der Waals surface area contributed by atoms with Crippen LogP contribution >= 0.6 is 15.9 Å². The van der Waals surface area contributed by atoms with Crippen molar-refractivity contribution in [1.29, 1.82) is 0 Å². The smallest absolute Gasteiger partial charge is 0.126 e. The van der Waals surface area contributed by atoms with E-state index in [1.807, 2.05) is 24.3 Å². The van der Waals surface area contributed by atoms with Gasteiger partial charge < -0.3 is 5.11 Å². The Morgan fingerprint density at radius 3 is 2.37 bits per heavy atom. The number of fused-ring (bicyclic) bond motifs is 1. The van der Waals surface area contributed by atoms with Crippen molar-refractivity contribution in [3.05, 3.63) is 69.4 Å². The zero-order chi connectivity index (χ0) is 13.5. The molecule has 2 aromatic carbocycles. The molecule has 1 aliphatic carbocycles. The predicted octanol–water partition coefficient (Wildman–Crippen LogP) is 3.66. The number of rotatable bonds is 2. The molecule has 0 aromatic heterocycles. The molecule has 0 saturated heterocycles. The maximum Gasteiger partial charge on any atom is 0.126 e. The van der Waals surface area contributed by atoms with Gasteiger partial charge in [0.15, 0.2) is 0 Å². The zero-order valence-electron chi connectivity index (χ0n) is 10.4. The Kier molecular flexibility index (Phi) is 3.19. The summed E-state index contributed by atoms with van der Waals surface area (Å²) >= 11 is 3.34. The van der Waals surface area contributed by atoms with Crippen LogP contribution in [0.2, 0.25) is 0 Å². The lowest BCUT2D eigenvalue weighted by molar-refractivity contribution is 0.0509. The van der Waals surface area contributed by atoms with Crippen LogP contribution in [0.1, 0.15) is 16.7 Å². The van der Waals surface area contributed by atoms with Gasteiger partial charge in [0.05, 0.1) is 5.60 Å². The minimum Gasteiger partial charge on any atom is -0.389 e. The van der Waals surface area contributed by atoms with Crippen molar-refractivity contribution in [2.24, 2.45) is 0 Å². The van der Waals surface area contributed by atoms with Crippen LogP contribution in [0.4, 0.5) is 4.39 Å². The Balaban J connectivity index is 1.87. The number of halogens is 2. The molecular weight excluding hydrogens is 307 g/mol. The predicted molar refractivity (Wildman–Crippen MR) is 76.6 cm³/mol. The van der Waals surface area contributed by atoms with Crippen molar-refractivity contribution in [2.75, 3.05) is 0 Å². The van der Waals surface area contributed by atoms with Crippen LogP contribution in [0, 0.1) is 5.82 Å². The van der Waals surface area contributed by atoms with E-state index in [0.29, 0.717) is 24.8 Å². The summed E-state index contributed by atoms with van der Waals surface area (Å²) in [5, 5.41) is 10.7. The lowest BCUT2D eigenvalue weighted by Gasteiger charge is -2.22. The summed E-state index contributed by atoms with van der Waals surface area (Å²) in [6.45, 7) is 0. The van der Waals surface area contributed by atoms with Crippen molar-refractivity contribution in [2.45, 2.75) is 24.9 Å². The molecule has 0 radical (unpaired) electrons. The summed E-state index contributed by atoms with van der Waals surface area (Å²) in [5.74, 6) is -0.257. The maximum absolute atomic E-state index is 13.8. The van der Waals surface area contributed by atoms with Crippen LogP contribution in [-0.2, 0) is 19.3 Å². The lowest BCUT2D eigenvalue weighted by Crippen LogP contribution is -2.32. The van der Waals surface area contributed by atoms with E-state index < -0.39 is 5.60 Å². The summed E-state index contributed by atoms with van der Waals surface area (Å²) in [6, 6.07) is 12.9. The third-order valence-electron chi connectivity index (χ3n) is 3.68. The van der Waals surface area contributed by atoms with Gasteiger partial charge in [-0.3, -0.25) is 0 Å². The van der Waals surface area contributed by atoms with Gasteiger partial charge in [-0.25, -0.2) is 4.39 Å². The molecule has 3 rings (SSSR count). The van der Waals surface area contributed by atoms with Gasteiger partial charge in [0, 0.05) is 23.7 Å². The number of hydrogen-bond acceptors (Lipinski definition) is 1. The summed E-state index contributed by atoms with van der Waals surface area (Å²) < 4.78 is 14.6. The Morgan fingerprint density at radius 1 is 1.11 bits per heavy atom. The molecule has 1 N–H and O–H groups in total. The van der Waals surface area contributed by atoms with Crippen LogP contribution < -0.4 is 0 Å². The van der Waals surface area contributed by atoms with Gasteiger partial charge in [0.2, 0.25) is 0 Å². The third kappa shape index (κ3) is 2.58. The first-order valence-corrected chi connectivity index (χ1v) is 7.08. The first kappa shape index (κ1) is 12.8. The molecule has 0 bridgehead atoms. The Labute approximate surface area is 120 Å². The molecule has 0 saturated carbocycles. The molecule has 1 nitrogen and oxygen atoms in total. The molecule has 98 valence electrons. The Hall–Kier alpha value is -1.19. The van der Waals surface area contributed by atoms with Gasteiger partial charge in [0.25, 0.3) is 0 Å². The second kappa shape index (κ2) is 4.73. The van der Waals surface area contributed by atoms with Crippen LogP contribution in [0.3, 0.4) is 0 Å². The van der Waals surface area contributed by atoms with E-state index in [9.17, 15) is 9.50 Å². The van der Waals surface area contributed by atoms with E-state index in [2.05, 4.69) is 15.9 Å². The Bertz CT molecular complexity index is 599. The number of benzene rings is 2. The quantitative estimate of drug-likeness (QED) is 0.895. The highest BCUT2D eigenvalue weighted by Crippen LogP contribution is 2.33. The van der Waals surface area contributed by atoms with E-state index >= 15 is 0 Å². The molecule has 0 amide bonds. The molecule has 2 aromatic rings. The summed E-state index contributed by atoms with van der Waals surface area (Å²) in [7, 11) is 0. The zero-order valence-corrected chi connectivity index (χ0v) is 12.0. The molecule has 3 heteroatoms. The molecular formula is C16H14BrFO. The summed E-state index contributed by atoms with van der Waals surface area (Å²) in [6.07, 6.45) is 1.53. The van der Waals surface area contributed by atoms with Gasteiger partial charge in [-0.05, 0) is 34.9 Å². The van der Waals surface area contributed by atoms with Crippen LogP contribution in [0.5, 0.6) is 0 Å². The van der Waals surface area contributed by atoms with E-state index in [-0.39, 0.29) is 5.82 Å². The molecule has 1 aliphatic rings. The third-order valence-corrected chi connectivity index (χ3v) is 4.18. The van der Waals surface area contributed by atoms with E-state index in [1.165, 1.54) is 17.2 Å². The SMILES string of the molecule is OC1(Cc2cc(Br)ccc2F)Cc2ccccc2C1.